The van der Waals surface area contributed by atoms with Gasteiger partial charge in [-0.05, 0) is 20.8 Å². The van der Waals surface area contributed by atoms with Crippen LogP contribution < -0.4 is 5.90 Å². The first-order valence-electron chi connectivity index (χ1n) is 3.97. The molecule has 0 radical (unpaired) electrons. The van der Waals surface area contributed by atoms with E-state index in [1.165, 1.54) is 6.42 Å². The Morgan fingerprint density at radius 1 is 1.33 bits per heavy atom. The van der Waals surface area contributed by atoms with E-state index in [4.69, 9.17) is 0 Å². The molecule has 0 atom stereocenters. The molecule has 4 heteroatoms. The van der Waals surface area contributed by atoms with Gasteiger partial charge in [0.25, 0.3) is 0 Å². The van der Waals surface area contributed by atoms with Gasteiger partial charge < -0.3 is 9.57 Å². The minimum absolute atomic E-state index is 0.531. The number of carbonyl (C=O) groups excluding carboxylic acids is 1. The molecule has 74 valence electrons. The van der Waals surface area contributed by atoms with E-state index < -0.39 is 11.8 Å². The zero-order chi connectivity index (χ0) is 10.2. The van der Waals surface area contributed by atoms with Crippen molar-refractivity contribution in [2.45, 2.75) is 46.6 Å². The van der Waals surface area contributed by atoms with Crippen LogP contribution >= 0.6 is 0 Å². The van der Waals surface area contributed by atoms with Crippen LogP contribution in [0.15, 0.2) is 0 Å². The number of nitrogens with two attached hydrogens (primary N) is 1. The molecule has 0 aliphatic rings. The van der Waals surface area contributed by atoms with Crippen LogP contribution in [0.25, 0.3) is 0 Å². The summed E-state index contributed by atoms with van der Waals surface area (Å²) < 4.78 is 4.60. The summed E-state index contributed by atoms with van der Waals surface area (Å²) in [6, 6.07) is 0. The maximum absolute atomic E-state index is 10.3. The Hall–Kier alpha value is -0.770. The van der Waals surface area contributed by atoms with Gasteiger partial charge in [-0.15, -0.1) is 0 Å². The molecule has 0 saturated heterocycles. The summed E-state index contributed by atoms with van der Waals surface area (Å²) in [6.45, 7) is 9.43. The summed E-state index contributed by atoms with van der Waals surface area (Å²) in [6.07, 6.45) is 0.391. The molecule has 0 aliphatic heterocycles. The van der Waals surface area contributed by atoms with E-state index in [9.17, 15) is 4.79 Å². The predicted molar refractivity (Wildman–Crippen MR) is 47.5 cm³/mol. The van der Waals surface area contributed by atoms with Crippen molar-refractivity contribution in [1.29, 1.82) is 0 Å². The highest BCUT2D eigenvalue weighted by molar-refractivity contribution is 5.59. The lowest BCUT2D eigenvalue weighted by molar-refractivity contribution is -0.00768. The largest absolute Gasteiger partial charge is 0.528 e. The first-order chi connectivity index (χ1) is 5.37. The van der Waals surface area contributed by atoms with Gasteiger partial charge in [0.05, 0.1) is 0 Å². The van der Waals surface area contributed by atoms with Crippen molar-refractivity contribution < 1.29 is 14.4 Å². The van der Waals surface area contributed by atoms with E-state index in [0.717, 1.165) is 0 Å². The van der Waals surface area contributed by atoms with E-state index in [1.807, 2.05) is 0 Å². The maximum atomic E-state index is 10.3. The van der Waals surface area contributed by atoms with Gasteiger partial charge in [-0.2, -0.15) is 5.90 Å². The molecule has 0 bridgehead atoms. The highest BCUT2D eigenvalue weighted by Gasteiger charge is 2.16. The normalized spacial score (nSPS) is 9.50. The van der Waals surface area contributed by atoms with Crippen LogP contribution in [-0.2, 0) is 9.57 Å². The Bertz CT molecular complexity index is 118. The topological polar surface area (TPSA) is 61.5 Å². The van der Waals surface area contributed by atoms with Crippen LogP contribution in [0, 0.1) is 0 Å². The van der Waals surface area contributed by atoms with Crippen molar-refractivity contribution in [1.82, 2.24) is 0 Å². The molecule has 4 nitrogen and oxygen atoms in total. The van der Waals surface area contributed by atoms with Gasteiger partial charge in [0.15, 0.2) is 0 Å². The Balaban J connectivity index is 0. The molecule has 0 rings (SSSR count). The van der Waals surface area contributed by atoms with E-state index in [-0.39, 0.29) is 0 Å². The molecular weight excluding hydrogens is 158 g/mol. The standard InChI is InChI=1S/C5H11NO3.C3H8/c1-5(2,3)8-4(7)9-6;1-3-2/h6H2,1-3H3;3H2,1-2H3. The van der Waals surface area contributed by atoms with E-state index >= 15 is 0 Å². The fourth-order valence-corrected chi connectivity index (χ4v) is 0.274. The lowest BCUT2D eigenvalue weighted by Crippen LogP contribution is -2.25. The average Bonchev–Trinajstić information content (AvgIpc) is 1.86. The monoisotopic (exact) mass is 177 g/mol. The summed E-state index contributed by atoms with van der Waals surface area (Å²) in [7, 11) is 0. The summed E-state index contributed by atoms with van der Waals surface area (Å²) in [5, 5.41) is 0. The highest BCUT2D eigenvalue weighted by Crippen LogP contribution is 2.06. The molecule has 0 saturated carbocycles. The molecule has 0 aromatic carbocycles. The number of hydrogen-bond donors (Lipinski definition) is 1. The predicted octanol–water partition coefficient (Wildman–Crippen LogP) is 2.23. The summed E-state index contributed by atoms with van der Waals surface area (Å²) in [5.74, 6) is 4.50. The van der Waals surface area contributed by atoms with Crippen LogP contribution in [0.1, 0.15) is 41.0 Å². The quantitative estimate of drug-likeness (QED) is 0.455. The van der Waals surface area contributed by atoms with Crippen molar-refractivity contribution in [3.8, 4) is 0 Å². The molecule has 0 aromatic heterocycles. The van der Waals surface area contributed by atoms with Gasteiger partial charge in [0.1, 0.15) is 5.60 Å². The van der Waals surface area contributed by atoms with Crippen molar-refractivity contribution in [3.63, 3.8) is 0 Å². The van der Waals surface area contributed by atoms with Gasteiger partial charge in [-0.3, -0.25) is 0 Å². The van der Waals surface area contributed by atoms with Gasteiger partial charge in [0, 0.05) is 0 Å². The van der Waals surface area contributed by atoms with Crippen LogP contribution in [0.4, 0.5) is 4.79 Å². The molecule has 0 fully saturated rings. The first kappa shape index (κ1) is 13.8. The van der Waals surface area contributed by atoms with E-state index in [0.29, 0.717) is 0 Å². The minimum atomic E-state index is -0.859. The Morgan fingerprint density at radius 2 is 1.67 bits per heavy atom. The molecule has 0 heterocycles. The van der Waals surface area contributed by atoms with Crippen LogP contribution in [0.5, 0.6) is 0 Å². The Labute approximate surface area is 74.0 Å². The zero-order valence-corrected chi connectivity index (χ0v) is 8.51. The fraction of sp³-hybridized carbons (Fsp3) is 0.875. The summed E-state index contributed by atoms with van der Waals surface area (Å²) in [4.78, 5) is 14.0. The maximum Gasteiger partial charge on any atom is 0.528 e. The number of hydrogen-bond acceptors (Lipinski definition) is 4. The molecule has 0 unspecified atom stereocenters. The Kier molecular flexibility index (Phi) is 7.94. The first-order valence-corrected chi connectivity index (χ1v) is 3.97. The van der Waals surface area contributed by atoms with Gasteiger partial charge in [-0.1, -0.05) is 20.3 Å². The third-order valence-electron chi connectivity index (χ3n) is 0.486. The third kappa shape index (κ3) is 16.1. The van der Waals surface area contributed by atoms with Crippen LogP contribution in [-0.4, -0.2) is 11.8 Å². The molecule has 0 spiro atoms. The molecule has 12 heavy (non-hydrogen) atoms. The lowest BCUT2D eigenvalue weighted by atomic mass is 10.2. The third-order valence-corrected chi connectivity index (χ3v) is 0.486. The molecule has 0 amide bonds. The minimum Gasteiger partial charge on any atom is -0.427 e. The highest BCUT2D eigenvalue weighted by atomic mass is 16.8. The molecule has 2 N–H and O–H groups in total. The fourth-order valence-electron chi connectivity index (χ4n) is 0.274. The van der Waals surface area contributed by atoms with Crippen molar-refractivity contribution in [3.05, 3.63) is 0 Å². The second-order valence-electron chi connectivity index (χ2n) is 3.29. The second-order valence-corrected chi connectivity index (χ2v) is 3.29. The summed E-state index contributed by atoms with van der Waals surface area (Å²) >= 11 is 0. The van der Waals surface area contributed by atoms with Crippen LogP contribution in [0.3, 0.4) is 0 Å². The van der Waals surface area contributed by atoms with Crippen molar-refractivity contribution >= 4 is 6.16 Å². The second kappa shape index (κ2) is 6.91. The van der Waals surface area contributed by atoms with Gasteiger partial charge in [0.2, 0.25) is 0 Å². The number of ether oxygens (including phenoxy) is 1. The number of carbonyl (C=O) groups is 1. The smallest absolute Gasteiger partial charge is 0.427 e. The SMILES string of the molecule is CC(C)(C)OC(=O)ON.CCC. The Morgan fingerprint density at radius 3 is 1.75 bits per heavy atom. The molecule has 0 aromatic rings. The van der Waals surface area contributed by atoms with Crippen molar-refractivity contribution in [2.24, 2.45) is 5.90 Å². The van der Waals surface area contributed by atoms with E-state index in [1.54, 1.807) is 20.8 Å². The average molecular weight is 177 g/mol. The van der Waals surface area contributed by atoms with Crippen LogP contribution in [0.2, 0.25) is 0 Å². The van der Waals surface area contributed by atoms with Gasteiger partial charge >= 0.3 is 6.16 Å². The molecular formula is C8H19NO3. The number of rotatable bonds is 0. The van der Waals surface area contributed by atoms with Crippen molar-refractivity contribution in [2.75, 3.05) is 0 Å². The van der Waals surface area contributed by atoms with Gasteiger partial charge in [-0.25, -0.2) is 4.79 Å². The zero-order valence-electron chi connectivity index (χ0n) is 8.51. The molecule has 0 aliphatic carbocycles. The lowest BCUT2D eigenvalue weighted by Gasteiger charge is -2.16. The van der Waals surface area contributed by atoms with E-state index in [2.05, 4.69) is 29.3 Å². The summed E-state index contributed by atoms with van der Waals surface area (Å²) in [5.41, 5.74) is -0.531.